The molecule has 3 heteroatoms. The largest absolute Gasteiger partial charge is 0.493 e. The van der Waals surface area contributed by atoms with Gasteiger partial charge in [-0.3, -0.25) is 4.90 Å². The maximum absolute atomic E-state index is 5.60. The smallest absolute Gasteiger partial charge is 0.161 e. The molecule has 0 aliphatic carbocycles. The van der Waals surface area contributed by atoms with Gasteiger partial charge in [-0.2, -0.15) is 0 Å². The summed E-state index contributed by atoms with van der Waals surface area (Å²) < 4.78 is 11.2. The Hall–Kier alpha value is -2.26. The summed E-state index contributed by atoms with van der Waals surface area (Å²) in [5.74, 6) is 1.62. The van der Waals surface area contributed by atoms with Gasteiger partial charge in [-0.1, -0.05) is 24.3 Å². The topological polar surface area (TPSA) is 21.7 Å². The quantitative estimate of drug-likeness (QED) is 0.643. The van der Waals surface area contributed by atoms with Crippen LogP contribution in [0.5, 0.6) is 11.5 Å². The fourth-order valence-corrected chi connectivity index (χ4v) is 4.84. The predicted octanol–water partition coefficient (Wildman–Crippen LogP) is 4.53. The molecule has 1 fully saturated rings. The molecule has 0 aromatic heterocycles. The van der Waals surface area contributed by atoms with Crippen molar-refractivity contribution in [3.8, 4) is 11.5 Å². The van der Waals surface area contributed by atoms with Crippen LogP contribution in [0.4, 0.5) is 0 Å². The van der Waals surface area contributed by atoms with Gasteiger partial charge in [-0.25, -0.2) is 0 Å². The van der Waals surface area contributed by atoms with E-state index in [9.17, 15) is 0 Å². The first kappa shape index (κ1) is 15.0. The van der Waals surface area contributed by atoms with Crippen LogP contribution >= 0.6 is 0 Å². The number of rotatable bonds is 2. The van der Waals surface area contributed by atoms with E-state index in [4.69, 9.17) is 9.47 Å². The van der Waals surface area contributed by atoms with Gasteiger partial charge in [0.2, 0.25) is 0 Å². The van der Waals surface area contributed by atoms with Crippen LogP contribution in [0.15, 0.2) is 36.4 Å². The second kappa shape index (κ2) is 5.63. The Labute approximate surface area is 148 Å². The second-order valence-electron chi connectivity index (χ2n) is 7.23. The molecule has 3 nitrogen and oxygen atoms in total. The summed E-state index contributed by atoms with van der Waals surface area (Å²) in [7, 11) is 3.42. The number of ether oxygens (including phenoxy) is 2. The maximum atomic E-state index is 5.60. The minimum absolute atomic E-state index is 0.716. The summed E-state index contributed by atoms with van der Waals surface area (Å²) in [5, 5.41) is 5.31. The lowest BCUT2D eigenvalue weighted by Crippen LogP contribution is -2.35. The molecular formula is C22H23NO2. The van der Waals surface area contributed by atoms with Crippen LogP contribution in [-0.2, 0) is 13.0 Å². The van der Waals surface area contributed by atoms with Crippen molar-refractivity contribution in [2.75, 3.05) is 20.8 Å². The molecule has 0 spiro atoms. The lowest BCUT2D eigenvalue weighted by atomic mass is 9.85. The van der Waals surface area contributed by atoms with E-state index in [1.807, 2.05) is 0 Å². The molecule has 25 heavy (non-hydrogen) atoms. The number of nitrogens with zero attached hydrogens (tertiary/aromatic N) is 1. The molecule has 0 radical (unpaired) electrons. The van der Waals surface area contributed by atoms with E-state index < -0.39 is 0 Å². The van der Waals surface area contributed by atoms with E-state index in [1.54, 1.807) is 19.8 Å². The molecule has 1 atom stereocenters. The molecule has 2 aliphatic heterocycles. The van der Waals surface area contributed by atoms with E-state index in [1.165, 1.54) is 52.9 Å². The Kier molecular flexibility index (Phi) is 3.39. The molecule has 3 aromatic rings. The summed E-state index contributed by atoms with van der Waals surface area (Å²) in [6.07, 6.45) is 3.82. The molecular weight excluding hydrogens is 310 g/mol. The van der Waals surface area contributed by atoms with Gasteiger partial charge in [0.15, 0.2) is 11.5 Å². The standard InChI is InChI=1S/C22H23NO2/c1-24-21-11-18-16-8-4-3-7-15(16)17-10-14-6-5-9-23(14)13-20(17)19(18)12-22(21)25-2/h3-4,7-8,11-12,14H,5-6,9-10,13H2,1-2H3/t14-/m0/s1. The van der Waals surface area contributed by atoms with Crippen LogP contribution in [-0.4, -0.2) is 31.7 Å². The van der Waals surface area contributed by atoms with E-state index in [-0.39, 0.29) is 0 Å². The lowest BCUT2D eigenvalue weighted by Gasteiger charge is -2.33. The summed E-state index contributed by atoms with van der Waals surface area (Å²) >= 11 is 0. The third kappa shape index (κ3) is 2.15. The lowest BCUT2D eigenvalue weighted by molar-refractivity contribution is 0.229. The van der Waals surface area contributed by atoms with Crippen LogP contribution < -0.4 is 9.47 Å². The summed E-state index contributed by atoms with van der Waals surface area (Å²) in [6.45, 7) is 2.28. The SMILES string of the molecule is COc1cc2c3c(c4ccccc4c2cc1OC)C[C@@H]1CCCN1C3. The monoisotopic (exact) mass is 333 g/mol. The third-order valence-corrected chi connectivity index (χ3v) is 6.06. The highest BCUT2D eigenvalue weighted by Crippen LogP contribution is 2.43. The molecule has 1 saturated heterocycles. The van der Waals surface area contributed by atoms with Crippen molar-refractivity contribution < 1.29 is 9.47 Å². The minimum Gasteiger partial charge on any atom is -0.493 e. The van der Waals surface area contributed by atoms with Crippen LogP contribution in [0.25, 0.3) is 21.5 Å². The molecule has 0 N–H and O–H groups in total. The highest BCUT2D eigenvalue weighted by atomic mass is 16.5. The Balaban J connectivity index is 1.88. The van der Waals surface area contributed by atoms with Crippen LogP contribution in [0.3, 0.4) is 0 Å². The molecule has 3 aromatic carbocycles. The summed E-state index contributed by atoms with van der Waals surface area (Å²) in [4.78, 5) is 2.66. The van der Waals surface area contributed by atoms with Crippen molar-refractivity contribution in [3.63, 3.8) is 0 Å². The molecule has 2 heterocycles. The molecule has 0 amide bonds. The average molecular weight is 333 g/mol. The first-order chi connectivity index (χ1) is 12.3. The van der Waals surface area contributed by atoms with Gasteiger partial charge >= 0.3 is 0 Å². The average Bonchev–Trinajstić information content (AvgIpc) is 3.13. The highest BCUT2D eigenvalue weighted by molar-refractivity contribution is 6.11. The molecule has 0 unspecified atom stereocenters. The third-order valence-electron chi connectivity index (χ3n) is 6.06. The van der Waals surface area contributed by atoms with Gasteiger partial charge in [0.1, 0.15) is 0 Å². The zero-order chi connectivity index (χ0) is 17.0. The first-order valence-corrected chi connectivity index (χ1v) is 9.12. The van der Waals surface area contributed by atoms with Crippen molar-refractivity contribution in [1.29, 1.82) is 0 Å². The van der Waals surface area contributed by atoms with Gasteiger partial charge in [0.05, 0.1) is 14.2 Å². The number of hydrogen-bond acceptors (Lipinski definition) is 3. The van der Waals surface area contributed by atoms with E-state index in [2.05, 4.69) is 41.3 Å². The number of fused-ring (bicyclic) bond motifs is 7. The minimum atomic E-state index is 0.716. The highest BCUT2D eigenvalue weighted by Gasteiger charge is 2.32. The van der Waals surface area contributed by atoms with Crippen LogP contribution in [0.2, 0.25) is 0 Å². The molecule has 5 rings (SSSR count). The first-order valence-electron chi connectivity index (χ1n) is 9.12. The van der Waals surface area contributed by atoms with Crippen molar-refractivity contribution in [2.24, 2.45) is 0 Å². The Morgan fingerprint density at radius 1 is 0.880 bits per heavy atom. The van der Waals surface area contributed by atoms with Crippen LogP contribution in [0, 0.1) is 0 Å². The number of hydrogen-bond donors (Lipinski definition) is 0. The summed E-state index contributed by atoms with van der Waals surface area (Å²) in [6, 6.07) is 13.9. The van der Waals surface area contributed by atoms with Gasteiger partial charge in [-0.05, 0) is 70.6 Å². The van der Waals surface area contributed by atoms with Gasteiger partial charge in [-0.15, -0.1) is 0 Å². The van der Waals surface area contributed by atoms with Crippen molar-refractivity contribution in [3.05, 3.63) is 47.5 Å². The zero-order valence-electron chi connectivity index (χ0n) is 14.8. The zero-order valence-corrected chi connectivity index (χ0v) is 14.8. The van der Waals surface area contributed by atoms with E-state index in [0.717, 1.165) is 18.0 Å². The normalized spacial score (nSPS) is 19.8. The van der Waals surface area contributed by atoms with E-state index >= 15 is 0 Å². The Morgan fingerprint density at radius 3 is 2.36 bits per heavy atom. The van der Waals surface area contributed by atoms with Gasteiger partial charge < -0.3 is 9.47 Å². The number of benzene rings is 3. The van der Waals surface area contributed by atoms with Crippen LogP contribution in [0.1, 0.15) is 24.0 Å². The molecule has 0 bridgehead atoms. The second-order valence-corrected chi connectivity index (χ2v) is 7.23. The molecule has 128 valence electrons. The van der Waals surface area contributed by atoms with Gasteiger partial charge in [0.25, 0.3) is 0 Å². The van der Waals surface area contributed by atoms with Gasteiger partial charge in [0, 0.05) is 12.6 Å². The molecule has 2 aliphatic rings. The fourth-order valence-electron chi connectivity index (χ4n) is 4.84. The number of methoxy groups -OCH3 is 2. The fraction of sp³-hybridized carbons (Fsp3) is 0.364. The van der Waals surface area contributed by atoms with Crippen molar-refractivity contribution in [2.45, 2.75) is 31.8 Å². The Bertz CT molecular complexity index is 979. The van der Waals surface area contributed by atoms with E-state index in [0.29, 0.717) is 6.04 Å². The Morgan fingerprint density at radius 2 is 1.60 bits per heavy atom. The maximum Gasteiger partial charge on any atom is 0.161 e. The van der Waals surface area contributed by atoms with Crippen molar-refractivity contribution in [1.82, 2.24) is 4.90 Å². The van der Waals surface area contributed by atoms with Crippen molar-refractivity contribution >= 4 is 21.5 Å². The molecule has 0 saturated carbocycles. The summed E-state index contributed by atoms with van der Waals surface area (Å²) in [5.41, 5.74) is 3.02. The predicted molar refractivity (Wildman–Crippen MR) is 102 cm³/mol.